The van der Waals surface area contributed by atoms with E-state index in [4.69, 9.17) is 17.0 Å². The van der Waals surface area contributed by atoms with Crippen LogP contribution in [0.25, 0.3) is 6.08 Å². The number of phenols is 1. The number of carbonyl (C=O) groups excluding carboxylic acids is 1. The number of methoxy groups -OCH3 is 1. The molecule has 0 aromatic heterocycles. The molecule has 2 aromatic carbocycles. The van der Waals surface area contributed by atoms with Crippen LogP contribution in [0.15, 0.2) is 47.4 Å². The maximum Gasteiger partial charge on any atom is 0.270 e. The predicted octanol–water partition coefficient (Wildman–Crippen LogP) is 3.95. The van der Waals surface area contributed by atoms with Gasteiger partial charge in [-0.1, -0.05) is 36.1 Å². The van der Waals surface area contributed by atoms with Crippen LogP contribution in [0.4, 0.5) is 10.1 Å². The summed E-state index contributed by atoms with van der Waals surface area (Å²) in [7, 11) is 1.46. The zero-order valence-electron chi connectivity index (χ0n) is 12.5. The molecule has 7 heteroatoms. The topological polar surface area (TPSA) is 49.8 Å². The second-order valence-electron chi connectivity index (χ2n) is 4.93. The number of aromatic hydroxyl groups is 1. The number of ether oxygens (including phenoxy) is 1. The Hall–Kier alpha value is -2.38. The van der Waals surface area contributed by atoms with Crippen LogP contribution < -0.4 is 9.64 Å². The first kappa shape index (κ1) is 16.5. The van der Waals surface area contributed by atoms with Gasteiger partial charge >= 0.3 is 0 Å². The fourth-order valence-electron chi connectivity index (χ4n) is 2.25. The minimum atomic E-state index is -0.439. The van der Waals surface area contributed by atoms with E-state index in [1.54, 1.807) is 24.3 Å². The quantitative estimate of drug-likeness (QED) is 0.663. The van der Waals surface area contributed by atoms with E-state index in [2.05, 4.69) is 0 Å². The zero-order valence-corrected chi connectivity index (χ0v) is 14.2. The lowest BCUT2D eigenvalue weighted by molar-refractivity contribution is -0.113. The Labute approximate surface area is 147 Å². The number of benzene rings is 2. The van der Waals surface area contributed by atoms with Crippen LogP contribution in [-0.2, 0) is 4.79 Å². The molecular weight excluding hydrogens is 349 g/mol. The number of hydrogen-bond acceptors (Lipinski definition) is 5. The van der Waals surface area contributed by atoms with Gasteiger partial charge in [-0.15, -0.1) is 0 Å². The molecule has 24 heavy (non-hydrogen) atoms. The second-order valence-corrected chi connectivity index (χ2v) is 6.60. The summed E-state index contributed by atoms with van der Waals surface area (Å²) in [6.45, 7) is 0. The Kier molecular flexibility index (Phi) is 4.55. The first-order chi connectivity index (χ1) is 11.5. The second kappa shape index (κ2) is 6.62. The molecule has 0 saturated carbocycles. The van der Waals surface area contributed by atoms with Crippen molar-refractivity contribution in [2.75, 3.05) is 12.0 Å². The van der Waals surface area contributed by atoms with Crippen LogP contribution in [-0.4, -0.2) is 22.4 Å². The number of hydrogen-bond donors (Lipinski definition) is 1. The standard InChI is InChI=1S/C17H12FNO3S2/c1-22-14-6-5-10(7-13(14)20)8-15-16(21)19(17(23)24-15)12-4-2-3-11(18)9-12/h2-9,20H,1H3. The monoisotopic (exact) mass is 361 g/mol. The molecule has 1 saturated heterocycles. The van der Waals surface area contributed by atoms with Gasteiger partial charge in [0, 0.05) is 0 Å². The molecule has 1 heterocycles. The molecule has 0 atom stereocenters. The number of carbonyl (C=O) groups is 1. The Morgan fingerprint density at radius 1 is 1.29 bits per heavy atom. The molecule has 1 aliphatic rings. The van der Waals surface area contributed by atoms with Crippen molar-refractivity contribution in [3.63, 3.8) is 0 Å². The van der Waals surface area contributed by atoms with Crippen molar-refractivity contribution in [2.24, 2.45) is 0 Å². The van der Waals surface area contributed by atoms with E-state index >= 15 is 0 Å². The van der Waals surface area contributed by atoms with Crippen LogP contribution in [0.5, 0.6) is 11.5 Å². The van der Waals surface area contributed by atoms with Crippen LogP contribution >= 0.6 is 24.0 Å². The number of anilines is 1. The first-order valence-electron chi connectivity index (χ1n) is 6.90. The summed E-state index contributed by atoms with van der Waals surface area (Å²) in [6.07, 6.45) is 1.62. The molecule has 122 valence electrons. The number of amides is 1. The van der Waals surface area contributed by atoms with Gasteiger partial charge in [-0.05, 0) is 42.0 Å². The lowest BCUT2D eigenvalue weighted by Gasteiger charge is -2.14. The number of rotatable bonds is 3. The molecular formula is C17H12FNO3S2. The van der Waals surface area contributed by atoms with Gasteiger partial charge in [0.05, 0.1) is 17.7 Å². The van der Waals surface area contributed by atoms with E-state index < -0.39 is 5.82 Å². The summed E-state index contributed by atoms with van der Waals surface area (Å²) in [5, 5.41) is 9.82. The van der Waals surface area contributed by atoms with E-state index in [-0.39, 0.29) is 11.7 Å². The van der Waals surface area contributed by atoms with Crippen molar-refractivity contribution in [1.29, 1.82) is 0 Å². The molecule has 0 spiro atoms. The highest BCUT2D eigenvalue weighted by Gasteiger charge is 2.33. The van der Waals surface area contributed by atoms with E-state index in [0.29, 0.717) is 26.2 Å². The van der Waals surface area contributed by atoms with Crippen molar-refractivity contribution in [1.82, 2.24) is 0 Å². The normalized spacial score (nSPS) is 16.1. The highest BCUT2D eigenvalue weighted by atomic mass is 32.2. The first-order valence-corrected chi connectivity index (χ1v) is 8.12. The van der Waals surface area contributed by atoms with E-state index in [9.17, 15) is 14.3 Å². The largest absolute Gasteiger partial charge is 0.504 e. The molecule has 0 bridgehead atoms. The molecule has 1 fully saturated rings. The van der Waals surface area contributed by atoms with Crippen molar-refractivity contribution >= 4 is 46.0 Å². The van der Waals surface area contributed by atoms with E-state index in [0.717, 1.165) is 11.8 Å². The third kappa shape index (κ3) is 3.13. The van der Waals surface area contributed by atoms with Gasteiger partial charge in [-0.25, -0.2) is 4.39 Å². The molecule has 0 radical (unpaired) electrons. The highest BCUT2D eigenvalue weighted by molar-refractivity contribution is 8.27. The fourth-order valence-corrected chi connectivity index (χ4v) is 3.55. The average Bonchev–Trinajstić information content (AvgIpc) is 2.81. The lowest BCUT2D eigenvalue weighted by atomic mass is 10.2. The Bertz CT molecular complexity index is 867. The molecule has 1 N–H and O–H groups in total. The van der Waals surface area contributed by atoms with Gasteiger partial charge in [0.15, 0.2) is 15.8 Å². The molecule has 0 unspecified atom stereocenters. The van der Waals surface area contributed by atoms with Gasteiger partial charge < -0.3 is 9.84 Å². The van der Waals surface area contributed by atoms with Gasteiger partial charge in [0.25, 0.3) is 5.91 Å². The number of nitrogens with zero attached hydrogens (tertiary/aromatic N) is 1. The van der Waals surface area contributed by atoms with Gasteiger partial charge in [0.1, 0.15) is 5.82 Å². The van der Waals surface area contributed by atoms with Gasteiger partial charge in [0.2, 0.25) is 0 Å². The lowest BCUT2D eigenvalue weighted by Crippen LogP contribution is -2.27. The maximum absolute atomic E-state index is 13.4. The smallest absolute Gasteiger partial charge is 0.270 e. The van der Waals surface area contributed by atoms with Crippen molar-refractivity contribution in [3.8, 4) is 11.5 Å². The number of halogens is 1. The zero-order chi connectivity index (χ0) is 17.3. The summed E-state index contributed by atoms with van der Waals surface area (Å²) < 4.78 is 18.7. The summed E-state index contributed by atoms with van der Waals surface area (Å²) in [6, 6.07) is 10.5. The Morgan fingerprint density at radius 3 is 2.75 bits per heavy atom. The summed E-state index contributed by atoms with van der Waals surface area (Å²) in [5.74, 6) is -0.442. The van der Waals surface area contributed by atoms with E-state index in [1.165, 1.54) is 36.3 Å². The van der Waals surface area contributed by atoms with Crippen LogP contribution in [0, 0.1) is 5.82 Å². The van der Waals surface area contributed by atoms with Gasteiger partial charge in [-0.2, -0.15) is 0 Å². The van der Waals surface area contributed by atoms with Crippen LogP contribution in [0.3, 0.4) is 0 Å². The molecule has 3 rings (SSSR count). The highest BCUT2D eigenvalue weighted by Crippen LogP contribution is 2.37. The Balaban J connectivity index is 1.92. The molecule has 1 aliphatic heterocycles. The number of thiocarbonyl (C=S) groups is 1. The summed E-state index contributed by atoms with van der Waals surface area (Å²) >= 11 is 6.36. The minimum Gasteiger partial charge on any atom is -0.504 e. The maximum atomic E-state index is 13.4. The van der Waals surface area contributed by atoms with Crippen LogP contribution in [0.1, 0.15) is 5.56 Å². The predicted molar refractivity (Wildman–Crippen MR) is 96.7 cm³/mol. The SMILES string of the molecule is COc1ccc(C=C2SC(=S)N(c3cccc(F)c3)C2=O)cc1O. The molecule has 1 amide bonds. The summed E-state index contributed by atoms with van der Waals surface area (Å²) in [5.41, 5.74) is 1.02. The third-order valence-electron chi connectivity index (χ3n) is 3.36. The Morgan fingerprint density at radius 2 is 2.08 bits per heavy atom. The number of phenolic OH excluding ortho intramolecular Hbond substituents is 1. The molecule has 0 aliphatic carbocycles. The third-order valence-corrected chi connectivity index (χ3v) is 4.66. The molecule has 4 nitrogen and oxygen atoms in total. The van der Waals surface area contributed by atoms with E-state index in [1.807, 2.05) is 0 Å². The summed E-state index contributed by atoms with van der Waals surface area (Å²) in [4.78, 5) is 14.3. The minimum absolute atomic E-state index is 0.0214. The molecule has 2 aromatic rings. The van der Waals surface area contributed by atoms with Crippen molar-refractivity contribution < 1.29 is 19.0 Å². The van der Waals surface area contributed by atoms with Crippen LogP contribution in [0.2, 0.25) is 0 Å². The fraction of sp³-hybridized carbons (Fsp3) is 0.0588. The van der Waals surface area contributed by atoms with Gasteiger partial charge in [-0.3, -0.25) is 9.69 Å². The van der Waals surface area contributed by atoms with Crippen molar-refractivity contribution in [3.05, 3.63) is 58.8 Å². The van der Waals surface area contributed by atoms with Crippen molar-refractivity contribution in [2.45, 2.75) is 0 Å². The average molecular weight is 361 g/mol. The number of thioether (sulfide) groups is 1.